The van der Waals surface area contributed by atoms with Crippen LogP contribution >= 0.6 is 0 Å². The molecule has 1 aliphatic carbocycles. The number of hydrogen-bond donors (Lipinski definition) is 3. The summed E-state index contributed by atoms with van der Waals surface area (Å²) < 4.78 is 2.00. The third kappa shape index (κ3) is 4.67. The van der Waals surface area contributed by atoms with E-state index < -0.39 is 11.7 Å². The molecule has 1 unspecified atom stereocenters. The molecule has 0 aliphatic heterocycles. The lowest BCUT2D eigenvalue weighted by Gasteiger charge is -2.26. The predicted octanol–water partition coefficient (Wildman–Crippen LogP) is 4.33. The minimum Gasteiger partial charge on any atom is -0.388 e. The van der Waals surface area contributed by atoms with Gasteiger partial charge in [-0.3, -0.25) is 4.57 Å². The molecule has 6 nitrogen and oxygen atoms in total. The van der Waals surface area contributed by atoms with Crippen LogP contribution in [-0.2, 0) is 6.42 Å². The van der Waals surface area contributed by atoms with Gasteiger partial charge in [-0.15, -0.1) is 0 Å². The second-order valence-electron chi connectivity index (χ2n) is 8.99. The maximum Gasteiger partial charge on any atom is 0.221 e. The summed E-state index contributed by atoms with van der Waals surface area (Å²) in [5.41, 5.74) is 8.48. The molecule has 0 spiro atoms. The van der Waals surface area contributed by atoms with Crippen molar-refractivity contribution in [2.75, 3.05) is 5.73 Å². The van der Waals surface area contributed by atoms with E-state index >= 15 is 0 Å². The van der Waals surface area contributed by atoms with Crippen molar-refractivity contribution < 1.29 is 10.2 Å². The Bertz CT molecular complexity index is 1360. The molecule has 1 aliphatic rings. The number of nitrogen functional groups attached to an aromatic ring is 1. The van der Waals surface area contributed by atoms with Gasteiger partial charge in [-0.25, -0.2) is 4.98 Å². The molecule has 172 valence electrons. The standard InChI is InChI=1S/C28H28N4O2/c29-27-30-16-12-26(31-27)32-23(19-25(33)21-7-3-1-4-8-21)18-22-10-9-20(17-24(22)32)11-15-28(34)13-5-2-6-14-28/h1,3-4,7-10,12,16-18,25,33-34H,2,5-6,13-14,19H2,(H2,29,30,31). The van der Waals surface area contributed by atoms with Crippen LogP contribution in [0, 0.1) is 11.8 Å². The summed E-state index contributed by atoms with van der Waals surface area (Å²) in [5.74, 6) is 7.13. The second-order valence-corrected chi connectivity index (χ2v) is 8.99. The molecule has 0 radical (unpaired) electrons. The number of fused-ring (bicyclic) bond motifs is 1. The van der Waals surface area contributed by atoms with E-state index in [0.717, 1.165) is 59.8 Å². The molecule has 1 atom stereocenters. The number of hydrogen-bond acceptors (Lipinski definition) is 5. The number of benzene rings is 2. The summed E-state index contributed by atoms with van der Waals surface area (Å²) in [5, 5.41) is 22.7. The molecule has 6 heteroatoms. The van der Waals surface area contributed by atoms with Gasteiger partial charge in [-0.05, 0) is 55.5 Å². The first kappa shape index (κ1) is 22.1. The predicted molar refractivity (Wildman–Crippen MR) is 133 cm³/mol. The van der Waals surface area contributed by atoms with Crippen molar-refractivity contribution in [2.45, 2.75) is 50.2 Å². The Balaban J connectivity index is 1.57. The molecule has 4 N–H and O–H groups in total. The van der Waals surface area contributed by atoms with Crippen molar-refractivity contribution in [3.8, 4) is 17.7 Å². The van der Waals surface area contributed by atoms with E-state index in [1.165, 1.54) is 0 Å². The Morgan fingerprint density at radius 3 is 2.59 bits per heavy atom. The van der Waals surface area contributed by atoms with Gasteiger partial charge in [0.1, 0.15) is 11.4 Å². The normalized spacial score (nSPS) is 16.1. The maximum atomic E-state index is 10.9. The van der Waals surface area contributed by atoms with Crippen molar-refractivity contribution >= 4 is 16.9 Å². The molecular formula is C28H28N4O2. The summed E-state index contributed by atoms with van der Waals surface area (Å²) >= 11 is 0. The van der Waals surface area contributed by atoms with Crippen molar-refractivity contribution in [1.82, 2.24) is 14.5 Å². The van der Waals surface area contributed by atoms with Crippen molar-refractivity contribution in [3.05, 3.63) is 83.7 Å². The van der Waals surface area contributed by atoms with Gasteiger partial charge >= 0.3 is 0 Å². The molecule has 5 rings (SSSR count). The van der Waals surface area contributed by atoms with E-state index in [1.807, 2.05) is 53.1 Å². The first-order valence-corrected chi connectivity index (χ1v) is 11.7. The van der Waals surface area contributed by atoms with Crippen LogP contribution in [0.3, 0.4) is 0 Å². The van der Waals surface area contributed by atoms with Gasteiger partial charge in [0.15, 0.2) is 0 Å². The number of nitrogens with two attached hydrogens (primary N) is 1. The van der Waals surface area contributed by atoms with Gasteiger partial charge < -0.3 is 15.9 Å². The van der Waals surface area contributed by atoms with E-state index in [0.29, 0.717) is 12.2 Å². The van der Waals surface area contributed by atoms with E-state index in [-0.39, 0.29) is 5.95 Å². The van der Waals surface area contributed by atoms with Gasteiger partial charge in [0.05, 0.1) is 11.6 Å². The topological polar surface area (TPSA) is 97.2 Å². The van der Waals surface area contributed by atoms with Gasteiger partial charge in [0, 0.05) is 29.3 Å². The third-order valence-electron chi connectivity index (χ3n) is 6.48. The molecule has 2 aromatic carbocycles. The van der Waals surface area contributed by atoms with E-state index in [9.17, 15) is 10.2 Å². The lowest BCUT2D eigenvalue weighted by atomic mass is 9.85. The minimum absolute atomic E-state index is 0.185. The molecule has 1 fully saturated rings. The van der Waals surface area contributed by atoms with Crippen LogP contribution in [0.5, 0.6) is 0 Å². The third-order valence-corrected chi connectivity index (χ3v) is 6.48. The SMILES string of the molecule is Nc1nccc(-n2c(CC(O)c3ccccc3)cc3ccc(C#CC4(O)CCCCC4)cc32)n1. The zero-order valence-electron chi connectivity index (χ0n) is 19.0. The van der Waals surface area contributed by atoms with Crippen LogP contribution in [0.25, 0.3) is 16.7 Å². The monoisotopic (exact) mass is 452 g/mol. The zero-order valence-corrected chi connectivity index (χ0v) is 19.0. The first-order chi connectivity index (χ1) is 16.5. The van der Waals surface area contributed by atoms with Crippen LogP contribution in [0.4, 0.5) is 5.95 Å². The Morgan fingerprint density at radius 1 is 1.03 bits per heavy atom. The van der Waals surface area contributed by atoms with E-state index in [4.69, 9.17) is 5.73 Å². The van der Waals surface area contributed by atoms with Crippen LogP contribution < -0.4 is 5.73 Å². The lowest BCUT2D eigenvalue weighted by molar-refractivity contribution is 0.0610. The van der Waals surface area contributed by atoms with E-state index in [1.54, 1.807) is 12.3 Å². The lowest BCUT2D eigenvalue weighted by Crippen LogP contribution is -2.29. The van der Waals surface area contributed by atoms with Gasteiger partial charge in [-0.2, -0.15) is 4.98 Å². The smallest absolute Gasteiger partial charge is 0.221 e. The van der Waals surface area contributed by atoms with Crippen LogP contribution in [0.15, 0.2) is 66.9 Å². The van der Waals surface area contributed by atoms with Crippen LogP contribution in [0.2, 0.25) is 0 Å². The van der Waals surface area contributed by atoms with Gasteiger partial charge in [0.25, 0.3) is 0 Å². The quantitative estimate of drug-likeness (QED) is 0.401. The number of anilines is 1. The number of rotatable bonds is 4. The summed E-state index contributed by atoms with van der Waals surface area (Å²) in [4.78, 5) is 8.47. The fourth-order valence-electron chi connectivity index (χ4n) is 4.69. The second kappa shape index (κ2) is 9.30. The zero-order chi connectivity index (χ0) is 23.5. The highest BCUT2D eigenvalue weighted by molar-refractivity contribution is 5.84. The highest BCUT2D eigenvalue weighted by Gasteiger charge is 2.26. The number of aromatic nitrogens is 3. The molecule has 4 aromatic rings. The Morgan fingerprint density at radius 2 is 1.82 bits per heavy atom. The van der Waals surface area contributed by atoms with Crippen molar-refractivity contribution in [1.29, 1.82) is 0 Å². The first-order valence-electron chi connectivity index (χ1n) is 11.7. The summed E-state index contributed by atoms with van der Waals surface area (Å²) in [6, 6.07) is 19.5. The highest BCUT2D eigenvalue weighted by Crippen LogP contribution is 2.30. The van der Waals surface area contributed by atoms with Crippen LogP contribution in [-0.4, -0.2) is 30.3 Å². The summed E-state index contributed by atoms with van der Waals surface area (Å²) in [6.07, 6.45) is 5.99. The van der Waals surface area contributed by atoms with Crippen molar-refractivity contribution in [2.24, 2.45) is 0 Å². The minimum atomic E-state index is -0.902. The number of aliphatic hydroxyl groups is 2. The molecular weight excluding hydrogens is 424 g/mol. The molecule has 2 heterocycles. The Hall–Kier alpha value is -3.66. The van der Waals surface area contributed by atoms with Crippen LogP contribution in [0.1, 0.15) is 55.0 Å². The molecule has 1 saturated carbocycles. The number of aliphatic hydroxyl groups excluding tert-OH is 1. The molecule has 0 amide bonds. The number of nitrogens with zero attached hydrogens (tertiary/aromatic N) is 3. The average Bonchev–Trinajstić information content (AvgIpc) is 3.21. The molecule has 2 aromatic heterocycles. The summed E-state index contributed by atoms with van der Waals surface area (Å²) in [6.45, 7) is 0. The van der Waals surface area contributed by atoms with E-state index in [2.05, 4.69) is 27.9 Å². The highest BCUT2D eigenvalue weighted by atomic mass is 16.3. The molecule has 34 heavy (non-hydrogen) atoms. The largest absolute Gasteiger partial charge is 0.388 e. The van der Waals surface area contributed by atoms with Crippen molar-refractivity contribution in [3.63, 3.8) is 0 Å². The fraction of sp³-hybridized carbons (Fsp3) is 0.286. The molecule has 0 bridgehead atoms. The Kier molecular flexibility index (Phi) is 6.06. The summed E-state index contributed by atoms with van der Waals surface area (Å²) in [7, 11) is 0. The fourth-order valence-corrected chi connectivity index (χ4v) is 4.69. The molecule has 0 saturated heterocycles. The average molecular weight is 453 g/mol. The van der Waals surface area contributed by atoms with Gasteiger partial charge in [0.2, 0.25) is 5.95 Å². The Labute approximate surface area is 199 Å². The van der Waals surface area contributed by atoms with Gasteiger partial charge in [-0.1, -0.05) is 54.7 Å². The maximum absolute atomic E-state index is 10.9.